The molecule has 9 heteroatoms. The molecule has 0 radical (unpaired) electrons. The monoisotopic (exact) mass is 465 g/mol. The third-order valence-corrected chi connectivity index (χ3v) is 5.76. The molecule has 3 rings (SSSR count). The Morgan fingerprint density at radius 3 is 2.47 bits per heavy atom. The standard InChI is InChI=1S/C23H22F3NO4S/c1-4-29-22(28)13-31-19-8-6-17(9-14(19)2)30-12-21-15(3)10-20(32-21)18-7-5-16(11-27-18)23(24,25)26/h5-11H,4,12-13H2,1-3H3. The molecular formula is C23H22F3NO4S. The highest BCUT2D eigenvalue weighted by Gasteiger charge is 2.30. The largest absolute Gasteiger partial charge is 0.488 e. The molecule has 0 amide bonds. The normalized spacial score (nSPS) is 11.3. The third kappa shape index (κ3) is 6.00. The van der Waals surface area contributed by atoms with Gasteiger partial charge in [-0.1, -0.05) is 0 Å². The van der Waals surface area contributed by atoms with Gasteiger partial charge in [-0.3, -0.25) is 4.98 Å². The van der Waals surface area contributed by atoms with Crippen LogP contribution in [0.2, 0.25) is 0 Å². The van der Waals surface area contributed by atoms with Crippen LogP contribution in [-0.4, -0.2) is 24.2 Å². The lowest BCUT2D eigenvalue weighted by Gasteiger charge is -2.11. The van der Waals surface area contributed by atoms with E-state index in [9.17, 15) is 18.0 Å². The zero-order chi connectivity index (χ0) is 23.3. The average Bonchev–Trinajstić information content (AvgIpc) is 3.12. The Morgan fingerprint density at radius 2 is 1.84 bits per heavy atom. The summed E-state index contributed by atoms with van der Waals surface area (Å²) in [7, 11) is 0. The first-order valence-corrected chi connectivity index (χ1v) is 10.6. The number of ether oxygens (including phenoxy) is 3. The smallest absolute Gasteiger partial charge is 0.417 e. The second-order valence-electron chi connectivity index (χ2n) is 6.96. The molecular weight excluding hydrogens is 443 g/mol. The predicted molar refractivity (Wildman–Crippen MR) is 115 cm³/mol. The number of aromatic nitrogens is 1. The number of aryl methyl sites for hydroxylation is 2. The molecule has 2 heterocycles. The van der Waals surface area contributed by atoms with Crippen molar-refractivity contribution in [2.75, 3.05) is 13.2 Å². The van der Waals surface area contributed by atoms with Gasteiger partial charge in [-0.2, -0.15) is 13.2 Å². The van der Waals surface area contributed by atoms with Crippen molar-refractivity contribution in [3.8, 4) is 22.1 Å². The van der Waals surface area contributed by atoms with E-state index in [0.717, 1.165) is 33.1 Å². The zero-order valence-electron chi connectivity index (χ0n) is 17.8. The number of carbonyl (C=O) groups is 1. The van der Waals surface area contributed by atoms with Gasteiger partial charge in [0, 0.05) is 11.1 Å². The van der Waals surface area contributed by atoms with Crippen LogP contribution in [0.1, 0.15) is 28.5 Å². The number of esters is 1. The van der Waals surface area contributed by atoms with Crippen LogP contribution < -0.4 is 9.47 Å². The van der Waals surface area contributed by atoms with E-state index < -0.39 is 17.7 Å². The Morgan fingerprint density at radius 1 is 1.06 bits per heavy atom. The molecule has 2 aromatic heterocycles. The first-order valence-electron chi connectivity index (χ1n) is 9.82. The molecule has 0 atom stereocenters. The van der Waals surface area contributed by atoms with Gasteiger partial charge in [0.2, 0.25) is 0 Å². The van der Waals surface area contributed by atoms with Gasteiger partial charge in [0.15, 0.2) is 6.61 Å². The molecule has 0 aliphatic heterocycles. The number of pyridine rings is 1. The van der Waals surface area contributed by atoms with Crippen molar-refractivity contribution in [3.63, 3.8) is 0 Å². The molecule has 0 unspecified atom stereocenters. The maximum Gasteiger partial charge on any atom is 0.417 e. The summed E-state index contributed by atoms with van der Waals surface area (Å²) >= 11 is 1.42. The van der Waals surface area contributed by atoms with Crippen LogP contribution in [0.3, 0.4) is 0 Å². The van der Waals surface area contributed by atoms with Gasteiger partial charge in [-0.25, -0.2) is 4.79 Å². The highest BCUT2D eigenvalue weighted by molar-refractivity contribution is 7.15. The van der Waals surface area contributed by atoms with Crippen LogP contribution in [0.5, 0.6) is 11.5 Å². The average molecular weight is 465 g/mol. The Hall–Kier alpha value is -3.07. The Bertz CT molecular complexity index is 1080. The van der Waals surface area contributed by atoms with E-state index in [2.05, 4.69) is 4.98 Å². The quantitative estimate of drug-likeness (QED) is 0.384. The molecule has 0 fully saturated rings. The van der Waals surface area contributed by atoms with Crippen LogP contribution >= 0.6 is 11.3 Å². The molecule has 0 saturated carbocycles. The van der Waals surface area contributed by atoms with Gasteiger partial charge >= 0.3 is 12.1 Å². The Labute approximate surface area is 187 Å². The molecule has 32 heavy (non-hydrogen) atoms. The summed E-state index contributed by atoms with van der Waals surface area (Å²) in [6, 6.07) is 9.56. The molecule has 0 aliphatic carbocycles. The third-order valence-electron chi connectivity index (χ3n) is 4.53. The van der Waals surface area contributed by atoms with E-state index in [1.54, 1.807) is 19.1 Å². The Kier molecular flexibility index (Phi) is 7.40. The molecule has 5 nitrogen and oxygen atoms in total. The van der Waals surface area contributed by atoms with E-state index in [0.29, 0.717) is 30.4 Å². The molecule has 0 N–H and O–H groups in total. The van der Waals surface area contributed by atoms with Gasteiger partial charge in [0.05, 0.1) is 22.7 Å². The lowest BCUT2D eigenvalue weighted by molar-refractivity contribution is -0.145. The topological polar surface area (TPSA) is 57.7 Å². The second kappa shape index (κ2) is 10.0. The van der Waals surface area contributed by atoms with E-state index in [4.69, 9.17) is 14.2 Å². The van der Waals surface area contributed by atoms with Crippen molar-refractivity contribution >= 4 is 17.3 Å². The van der Waals surface area contributed by atoms with Crippen molar-refractivity contribution in [1.29, 1.82) is 0 Å². The number of alkyl halides is 3. The summed E-state index contributed by atoms with van der Waals surface area (Å²) in [6.07, 6.45) is -3.57. The van der Waals surface area contributed by atoms with Crippen molar-refractivity contribution in [2.24, 2.45) is 0 Å². The maximum absolute atomic E-state index is 12.7. The number of hydrogen-bond acceptors (Lipinski definition) is 6. The van der Waals surface area contributed by atoms with Gasteiger partial charge in [-0.05, 0) is 68.3 Å². The number of hydrogen-bond donors (Lipinski definition) is 0. The molecule has 0 spiro atoms. The molecule has 1 aromatic carbocycles. The van der Waals surface area contributed by atoms with Crippen molar-refractivity contribution in [3.05, 3.63) is 64.2 Å². The van der Waals surface area contributed by atoms with Gasteiger partial charge in [-0.15, -0.1) is 11.3 Å². The van der Waals surface area contributed by atoms with E-state index in [1.165, 1.54) is 17.4 Å². The zero-order valence-corrected chi connectivity index (χ0v) is 18.6. The SMILES string of the molecule is CCOC(=O)COc1ccc(OCc2sc(-c3ccc(C(F)(F)F)cn3)cc2C)cc1C. The number of benzene rings is 1. The lowest BCUT2D eigenvalue weighted by atomic mass is 10.2. The summed E-state index contributed by atoms with van der Waals surface area (Å²) < 4.78 is 54.4. The number of nitrogens with zero attached hydrogens (tertiary/aromatic N) is 1. The van der Waals surface area contributed by atoms with Crippen LogP contribution in [0.4, 0.5) is 13.2 Å². The van der Waals surface area contributed by atoms with E-state index in [1.807, 2.05) is 26.0 Å². The maximum atomic E-state index is 12.7. The minimum Gasteiger partial charge on any atom is -0.488 e. The van der Waals surface area contributed by atoms with Gasteiger partial charge in [0.1, 0.15) is 18.1 Å². The fourth-order valence-corrected chi connectivity index (χ4v) is 3.92. The highest BCUT2D eigenvalue weighted by atomic mass is 32.1. The summed E-state index contributed by atoms with van der Waals surface area (Å²) in [4.78, 5) is 17.1. The van der Waals surface area contributed by atoms with E-state index >= 15 is 0 Å². The summed E-state index contributed by atoms with van der Waals surface area (Å²) in [6.45, 7) is 5.93. The predicted octanol–water partition coefficient (Wildman–Crippen LogP) is 5.97. The van der Waals surface area contributed by atoms with Gasteiger partial charge in [0.25, 0.3) is 0 Å². The Balaban J connectivity index is 1.63. The highest BCUT2D eigenvalue weighted by Crippen LogP contribution is 2.34. The number of thiophene rings is 1. The molecule has 170 valence electrons. The minimum absolute atomic E-state index is 0.163. The lowest BCUT2D eigenvalue weighted by Crippen LogP contribution is -2.14. The van der Waals surface area contributed by atoms with Crippen LogP contribution in [0.15, 0.2) is 42.6 Å². The van der Waals surface area contributed by atoms with Crippen LogP contribution in [0.25, 0.3) is 10.6 Å². The summed E-state index contributed by atoms with van der Waals surface area (Å²) in [5, 5.41) is 0. The fourth-order valence-electron chi connectivity index (χ4n) is 2.86. The number of rotatable bonds is 8. The van der Waals surface area contributed by atoms with Crippen LogP contribution in [0, 0.1) is 13.8 Å². The first kappa shape index (κ1) is 23.6. The van der Waals surface area contributed by atoms with Crippen molar-refractivity contribution in [1.82, 2.24) is 4.98 Å². The molecule has 3 aromatic rings. The molecule has 0 bridgehead atoms. The first-order chi connectivity index (χ1) is 15.2. The van der Waals surface area contributed by atoms with Crippen molar-refractivity contribution < 1.29 is 32.2 Å². The van der Waals surface area contributed by atoms with E-state index in [-0.39, 0.29) is 6.61 Å². The molecule has 0 aliphatic rings. The summed E-state index contributed by atoms with van der Waals surface area (Å²) in [5.74, 6) is 0.764. The van der Waals surface area contributed by atoms with Gasteiger partial charge < -0.3 is 14.2 Å². The minimum atomic E-state index is -4.41. The molecule has 0 saturated heterocycles. The fraction of sp³-hybridized carbons (Fsp3) is 0.304. The number of carbonyl (C=O) groups excluding carboxylic acids is 1. The second-order valence-corrected chi connectivity index (χ2v) is 8.09. The van der Waals surface area contributed by atoms with Crippen molar-refractivity contribution in [2.45, 2.75) is 33.6 Å². The number of halogens is 3. The summed E-state index contributed by atoms with van der Waals surface area (Å²) in [5.41, 5.74) is 1.49. The van der Waals surface area contributed by atoms with Crippen LogP contribution in [-0.2, 0) is 22.3 Å².